The Morgan fingerprint density at radius 3 is 2.57 bits per heavy atom. The molecule has 1 heterocycles. The van der Waals surface area contributed by atoms with Crippen LogP contribution in [0.5, 0.6) is 0 Å². The Morgan fingerprint density at radius 2 is 1.96 bits per heavy atom. The van der Waals surface area contributed by atoms with E-state index in [9.17, 15) is 13.2 Å². The standard InChI is InChI=1S/C18H34N4O4S.HI/c1-3-19-18(22-11-6-9-16(14-22)17(23)26-4-2)20-10-12-27(24,25)21-13-15-7-5-8-15;/h15-16,21H,3-14H2,1-2H3,(H,19,20);1H. The number of esters is 1. The molecule has 164 valence electrons. The first-order valence-electron chi connectivity index (χ1n) is 10.1. The van der Waals surface area contributed by atoms with Gasteiger partial charge in [-0.15, -0.1) is 24.0 Å². The van der Waals surface area contributed by atoms with Crippen molar-refractivity contribution >= 4 is 45.9 Å². The maximum atomic E-state index is 12.1. The molecule has 0 bridgehead atoms. The highest BCUT2D eigenvalue weighted by Crippen LogP contribution is 2.25. The van der Waals surface area contributed by atoms with Gasteiger partial charge < -0.3 is 15.0 Å². The molecule has 1 unspecified atom stereocenters. The number of nitrogens with one attached hydrogen (secondary N) is 2. The van der Waals surface area contributed by atoms with Crippen molar-refractivity contribution in [1.82, 2.24) is 14.9 Å². The predicted molar refractivity (Wildman–Crippen MR) is 121 cm³/mol. The van der Waals surface area contributed by atoms with Crippen molar-refractivity contribution in [2.45, 2.75) is 46.0 Å². The normalized spacial score (nSPS) is 20.9. The van der Waals surface area contributed by atoms with Crippen LogP contribution in [0, 0.1) is 11.8 Å². The Labute approximate surface area is 186 Å². The molecule has 2 aliphatic rings. The summed E-state index contributed by atoms with van der Waals surface area (Å²) in [5.41, 5.74) is 0. The Hall–Kier alpha value is -0.620. The Balaban J connectivity index is 0.00000392. The molecule has 0 spiro atoms. The SMILES string of the molecule is CCNC(=NCCS(=O)(=O)NCC1CCC1)N1CCCC(C(=O)OCC)C1.I. The van der Waals surface area contributed by atoms with Crippen molar-refractivity contribution < 1.29 is 17.9 Å². The van der Waals surface area contributed by atoms with E-state index in [1.165, 1.54) is 6.42 Å². The van der Waals surface area contributed by atoms with Gasteiger partial charge in [0.1, 0.15) is 0 Å². The van der Waals surface area contributed by atoms with Gasteiger partial charge in [-0.2, -0.15) is 0 Å². The van der Waals surface area contributed by atoms with Crippen LogP contribution in [0.15, 0.2) is 4.99 Å². The zero-order valence-electron chi connectivity index (χ0n) is 17.0. The van der Waals surface area contributed by atoms with E-state index < -0.39 is 10.0 Å². The van der Waals surface area contributed by atoms with Crippen molar-refractivity contribution in [3.8, 4) is 0 Å². The van der Waals surface area contributed by atoms with E-state index in [1.54, 1.807) is 0 Å². The van der Waals surface area contributed by atoms with Gasteiger partial charge in [0.2, 0.25) is 10.0 Å². The Morgan fingerprint density at radius 1 is 1.21 bits per heavy atom. The average molecular weight is 530 g/mol. The molecule has 2 rings (SSSR count). The first-order valence-corrected chi connectivity index (χ1v) is 11.8. The van der Waals surface area contributed by atoms with Crippen molar-refractivity contribution in [2.75, 3.05) is 45.1 Å². The van der Waals surface area contributed by atoms with Gasteiger partial charge in [-0.3, -0.25) is 9.79 Å². The van der Waals surface area contributed by atoms with E-state index in [4.69, 9.17) is 4.74 Å². The third-order valence-corrected chi connectivity index (χ3v) is 6.44. The highest BCUT2D eigenvalue weighted by atomic mass is 127. The van der Waals surface area contributed by atoms with Gasteiger partial charge in [0.25, 0.3) is 0 Å². The number of halogens is 1. The van der Waals surface area contributed by atoms with Crippen LogP contribution in [0.2, 0.25) is 0 Å². The van der Waals surface area contributed by atoms with Gasteiger partial charge in [-0.25, -0.2) is 13.1 Å². The quantitative estimate of drug-likeness (QED) is 0.203. The summed E-state index contributed by atoms with van der Waals surface area (Å²) < 4.78 is 32.1. The van der Waals surface area contributed by atoms with Gasteiger partial charge >= 0.3 is 5.97 Å². The lowest BCUT2D eigenvalue weighted by Crippen LogP contribution is -2.48. The Kier molecular flexibility index (Phi) is 11.7. The second kappa shape index (κ2) is 12.8. The number of sulfonamides is 1. The van der Waals surface area contributed by atoms with E-state index in [0.29, 0.717) is 38.1 Å². The number of hydrogen-bond donors (Lipinski definition) is 2. The number of rotatable bonds is 9. The van der Waals surface area contributed by atoms with Crippen LogP contribution in [0.25, 0.3) is 0 Å². The molecule has 28 heavy (non-hydrogen) atoms. The molecule has 0 aromatic rings. The van der Waals surface area contributed by atoms with E-state index in [1.807, 2.05) is 18.7 Å². The Bertz CT molecular complexity index is 611. The first-order chi connectivity index (χ1) is 12.9. The number of hydrogen-bond acceptors (Lipinski definition) is 5. The van der Waals surface area contributed by atoms with E-state index >= 15 is 0 Å². The number of carbonyl (C=O) groups excluding carboxylic acids is 1. The van der Waals surface area contributed by atoms with Crippen LogP contribution in [0.4, 0.5) is 0 Å². The van der Waals surface area contributed by atoms with Crippen molar-refractivity contribution in [2.24, 2.45) is 16.8 Å². The number of likely N-dealkylation sites (tertiary alicyclic amines) is 1. The zero-order chi connectivity index (χ0) is 19.7. The summed E-state index contributed by atoms with van der Waals surface area (Å²) >= 11 is 0. The van der Waals surface area contributed by atoms with E-state index in [0.717, 1.165) is 32.2 Å². The van der Waals surface area contributed by atoms with Crippen LogP contribution in [0.3, 0.4) is 0 Å². The maximum Gasteiger partial charge on any atom is 0.310 e. The van der Waals surface area contributed by atoms with E-state index in [2.05, 4.69) is 15.0 Å². The molecular formula is C18H35IN4O4S. The molecule has 0 radical (unpaired) electrons. The lowest BCUT2D eigenvalue weighted by atomic mass is 9.86. The van der Waals surface area contributed by atoms with Gasteiger partial charge in [-0.05, 0) is 45.4 Å². The fourth-order valence-corrected chi connectivity index (χ4v) is 4.30. The van der Waals surface area contributed by atoms with Gasteiger partial charge in [0, 0.05) is 26.2 Å². The highest BCUT2D eigenvalue weighted by Gasteiger charge is 2.28. The monoisotopic (exact) mass is 530 g/mol. The lowest BCUT2D eigenvalue weighted by Gasteiger charge is -2.34. The molecule has 1 saturated heterocycles. The fraction of sp³-hybridized carbons (Fsp3) is 0.889. The molecule has 2 fully saturated rings. The largest absolute Gasteiger partial charge is 0.466 e. The minimum atomic E-state index is -3.30. The summed E-state index contributed by atoms with van der Waals surface area (Å²) in [6.45, 7) is 6.94. The molecule has 0 aromatic carbocycles. The summed E-state index contributed by atoms with van der Waals surface area (Å²) in [7, 11) is -3.30. The number of guanidine groups is 1. The molecule has 0 aromatic heterocycles. The average Bonchev–Trinajstić information content (AvgIpc) is 2.60. The topological polar surface area (TPSA) is 100 Å². The summed E-state index contributed by atoms with van der Waals surface area (Å²) in [6, 6.07) is 0. The second-order valence-corrected chi connectivity index (χ2v) is 9.16. The van der Waals surface area contributed by atoms with E-state index in [-0.39, 0.29) is 48.2 Å². The summed E-state index contributed by atoms with van der Waals surface area (Å²) in [6.07, 6.45) is 5.12. The maximum absolute atomic E-state index is 12.1. The summed E-state index contributed by atoms with van der Waals surface area (Å²) in [4.78, 5) is 18.5. The molecule has 2 N–H and O–H groups in total. The van der Waals surface area contributed by atoms with Gasteiger partial charge in [-0.1, -0.05) is 6.42 Å². The molecular weight excluding hydrogens is 495 g/mol. The molecule has 1 aliphatic heterocycles. The molecule has 1 atom stereocenters. The molecule has 10 heteroatoms. The molecule has 8 nitrogen and oxygen atoms in total. The number of nitrogens with zero attached hydrogens (tertiary/aromatic N) is 2. The molecule has 0 amide bonds. The lowest BCUT2D eigenvalue weighted by molar-refractivity contribution is -0.149. The third-order valence-electron chi connectivity index (χ3n) is 5.11. The van der Waals surface area contributed by atoms with Gasteiger partial charge in [0.05, 0.1) is 24.8 Å². The van der Waals surface area contributed by atoms with Crippen molar-refractivity contribution in [1.29, 1.82) is 0 Å². The van der Waals surface area contributed by atoms with Gasteiger partial charge in [0.15, 0.2) is 5.96 Å². The third kappa shape index (κ3) is 8.40. The van der Waals surface area contributed by atoms with Crippen molar-refractivity contribution in [3.05, 3.63) is 0 Å². The highest BCUT2D eigenvalue weighted by molar-refractivity contribution is 14.0. The van der Waals surface area contributed by atoms with Crippen molar-refractivity contribution in [3.63, 3.8) is 0 Å². The molecule has 1 saturated carbocycles. The molecule has 1 aliphatic carbocycles. The number of piperidine rings is 1. The van der Waals surface area contributed by atoms with Crippen LogP contribution < -0.4 is 10.0 Å². The van der Waals surface area contributed by atoms with Crippen LogP contribution in [-0.4, -0.2) is 70.3 Å². The predicted octanol–water partition coefficient (Wildman–Crippen LogP) is 1.56. The number of carbonyl (C=O) groups is 1. The van der Waals surface area contributed by atoms with Crippen LogP contribution in [-0.2, 0) is 19.6 Å². The second-order valence-electron chi connectivity index (χ2n) is 7.24. The smallest absolute Gasteiger partial charge is 0.310 e. The summed E-state index contributed by atoms with van der Waals surface area (Å²) in [5, 5.41) is 3.21. The zero-order valence-corrected chi connectivity index (χ0v) is 20.1. The van der Waals surface area contributed by atoms with Crippen LogP contribution in [0.1, 0.15) is 46.0 Å². The number of aliphatic imine (C=N–C) groups is 1. The summed E-state index contributed by atoms with van der Waals surface area (Å²) in [5.74, 6) is 0.815. The van der Waals surface area contributed by atoms with Crippen LogP contribution >= 0.6 is 24.0 Å². The first kappa shape index (κ1) is 25.4. The minimum absolute atomic E-state index is 0. The fourth-order valence-electron chi connectivity index (χ4n) is 3.33. The number of ether oxygens (including phenoxy) is 1. The minimum Gasteiger partial charge on any atom is -0.466 e.